The van der Waals surface area contributed by atoms with Crippen molar-refractivity contribution < 1.29 is 4.39 Å². The predicted molar refractivity (Wildman–Crippen MR) is 29.5 cm³/mol. The zero-order valence-corrected chi connectivity index (χ0v) is 4.52. The molecule has 0 amide bonds. The minimum atomic E-state index is -0.691. The van der Waals surface area contributed by atoms with Gasteiger partial charge >= 0.3 is 0 Å². The minimum Gasteiger partial charge on any atom is -0.387 e. The molecular formula is C5H9FN2. The van der Waals surface area contributed by atoms with Gasteiger partial charge in [0.2, 0.25) is 0 Å². The Balaban J connectivity index is 2.25. The molecular weight excluding hydrogens is 107 g/mol. The molecule has 0 heterocycles. The van der Waals surface area contributed by atoms with Gasteiger partial charge in [0.25, 0.3) is 0 Å². The lowest BCUT2D eigenvalue weighted by molar-refractivity contribution is 0.172. The van der Waals surface area contributed by atoms with E-state index in [0.717, 1.165) is 0 Å². The molecule has 0 aromatic heterocycles. The highest BCUT2D eigenvalue weighted by Gasteiger charge is 2.30. The van der Waals surface area contributed by atoms with E-state index < -0.39 is 6.17 Å². The number of hydrogen-bond donors (Lipinski definition) is 2. The third-order valence-electron chi connectivity index (χ3n) is 1.52. The maximum Gasteiger partial charge on any atom is 0.102 e. The maximum atomic E-state index is 12.0. The van der Waals surface area contributed by atoms with E-state index in [9.17, 15) is 4.39 Å². The van der Waals surface area contributed by atoms with Crippen LogP contribution >= 0.6 is 0 Å². The Morgan fingerprint density at radius 2 is 2.12 bits per heavy atom. The van der Waals surface area contributed by atoms with Crippen molar-refractivity contribution >= 4 is 5.84 Å². The summed E-state index contributed by atoms with van der Waals surface area (Å²) in [6.45, 7) is 0. The van der Waals surface area contributed by atoms with Crippen molar-refractivity contribution in [3.05, 3.63) is 0 Å². The molecule has 0 spiro atoms. The highest BCUT2D eigenvalue weighted by molar-refractivity contribution is 5.80. The number of amidine groups is 1. The molecule has 3 heteroatoms. The molecule has 8 heavy (non-hydrogen) atoms. The minimum absolute atomic E-state index is 0.0463. The van der Waals surface area contributed by atoms with E-state index in [2.05, 4.69) is 0 Å². The third-order valence-corrected chi connectivity index (χ3v) is 1.52. The maximum absolute atomic E-state index is 12.0. The first-order chi connectivity index (χ1) is 3.70. The van der Waals surface area contributed by atoms with Crippen molar-refractivity contribution in [2.24, 2.45) is 11.7 Å². The van der Waals surface area contributed by atoms with Crippen molar-refractivity contribution in [1.82, 2.24) is 0 Å². The molecule has 1 fully saturated rings. The molecule has 2 nitrogen and oxygen atoms in total. The summed E-state index contributed by atoms with van der Waals surface area (Å²) in [4.78, 5) is 0. The number of halogens is 1. The average molecular weight is 116 g/mol. The van der Waals surface area contributed by atoms with Crippen LogP contribution in [0.25, 0.3) is 0 Å². The molecule has 0 bridgehead atoms. The number of nitrogens with one attached hydrogen (secondary N) is 1. The Kier molecular flexibility index (Phi) is 1.19. The Morgan fingerprint density at radius 3 is 2.25 bits per heavy atom. The van der Waals surface area contributed by atoms with Crippen LogP contribution in [0.1, 0.15) is 12.8 Å². The molecule has 3 N–H and O–H groups in total. The van der Waals surface area contributed by atoms with Gasteiger partial charge in [-0.05, 0) is 12.8 Å². The predicted octanol–water partition coefficient (Wildman–Crippen LogP) is 0.670. The smallest absolute Gasteiger partial charge is 0.102 e. The summed E-state index contributed by atoms with van der Waals surface area (Å²) in [5.74, 6) is 0.184. The first-order valence-corrected chi connectivity index (χ1v) is 2.68. The van der Waals surface area contributed by atoms with Crippen LogP contribution < -0.4 is 5.73 Å². The quantitative estimate of drug-likeness (QED) is 0.384. The topological polar surface area (TPSA) is 49.9 Å². The van der Waals surface area contributed by atoms with Gasteiger partial charge in [0.1, 0.15) is 6.17 Å². The van der Waals surface area contributed by atoms with Crippen molar-refractivity contribution in [3.63, 3.8) is 0 Å². The molecule has 1 aliphatic carbocycles. The van der Waals surface area contributed by atoms with Crippen LogP contribution in [-0.4, -0.2) is 12.0 Å². The molecule has 0 saturated heterocycles. The summed E-state index contributed by atoms with van der Waals surface area (Å²) < 4.78 is 12.0. The molecule has 46 valence electrons. The first-order valence-electron chi connectivity index (χ1n) is 2.68. The number of rotatable bonds is 1. The highest BCUT2D eigenvalue weighted by Crippen LogP contribution is 2.29. The molecule has 1 saturated carbocycles. The standard InChI is InChI=1S/C5H9FN2/c6-4-1-3(2-4)5(7)8/h3-4H,1-2H2,(H3,7,8). The Bertz CT molecular complexity index is 107. The van der Waals surface area contributed by atoms with Gasteiger partial charge in [-0.1, -0.05) is 0 Å². The highest BCUT2D eigenvalue weighted by atomic mass is 19.1. The largest absolute Gasteiger partial charge is 0.387 e. The van der Waals surface area contributed by atoms with Gasteiger partial charge in [0.05, 0.1) is 5.84 Å². The van der Waals surface area contributed by atoms with E-state index >= 15 is 0 Å². The molecule has 0 aromatic rings. The molecule has 0 unspecified atom stereocenters. The molecule has 1 rings (SSSR count). The zero-order chi connectivity index (χ0) is 6.15. The van der Waals surface area contributed by atoms with Crippen LogP contribution in [0.2, 0.25) is 0 Å². The molecule has 1 aliphatic rings. The van der Waals surface area contributed by atoms with Crippen LogP contribution in [0.15, 0.2) is 0 Å². The van der Waals surface area contributed by atoms with Gasteiger partial charge in [-0.25, -0.2) is 4.39 Å². The van der Waals surface area contributed by atoms with Gasteiger partial charge in [-0.2, -0.15) is 0 Å². The van der Waals surface area contributed by atoms with Gasteiger partial charge in [-0.15, -0.1) is 0 Å². The van der Waals surface area contributed by atoms with Gasteiger partial charge in [0, 0.05) is 5.92 Å². The van der Waals surface area contributed by atoms with Crippen LogP contribution in [0.4, 0.5) is 4.39 Å². The molecule has 0 aliphatic heterocycles. The van der Waals surface area contributed by atoms with Gasteiger partial charge < -0.3 is 5.73 Å². The van der Waals surface area contributed by atoms with Crippen molar-refractivity contribution in [2.75, 3.05) is 0 Å². The van der Waals surface area contributed by atoms with Crippen molar-refractivity contribution in [1.29, 1.82) is 5.41 Å². The van der Waals surface area contributed by atoms with Gasteiger partial charge in [0.15, 0.2) is 0 Å². The first kappa shape index (κ1) is 5.54. The normalized spacial score (nSPS) is 36.1. The van der Waals surface area contributed by atoms with Crippen LogP contribution in [-0.2, 0) is 0 Å². The fourth-order valence-corrected chi connectivity index (χ4v) is 0.802. The average Bonchev–Trinajstić information content (AvgIpc) is 1.57. The Labute approximate surface area is 47.4 Å². The van der Waals surface area contributed by atoms with Crippen molar-refractivity contribution in [3.8, 4) is 0 Å². The number of alkyl halides is 1. The van der Waals surface area contributed by atoms with Gasteiger partial charge in [-0.3, -0.25) is 5.41 Å². The fourth-order valence-electron chi connectivity index (χ4n) is 0.802. The lowest BCUT2D eigenvalue weighted by atomic mass is 9.83. The van der Waals surface area contributed by atoms with E-state index in [0.29, 0.717) is 12.8 Å². The Morgan fingerprint density at radius 1 is 1.62 bits per heavy atom. The second kappa shape index (κ2) is 1.73. The van der Waals surface area contributed by atoms with E-state index in [1.54, 1.807) is 0 Å². The molecule has 0 aromatic carbocycles. The number of nitrogens with two attached hydrogens (primary N) is 1. The van der Waals surface area contributed by atoms with E-state index in [-0.39, 0.29) is 11.8 Å². The Hall–Kier alpha value is -0.600. The number of hydrogen-bond acceptors (Lipinski definition) is 1. The summed E-state index contributed by atoms with van der Waals surface area (Å²) in [5, 5.41) is 6.85. The summed E-state index contributed by atoms with van der Waals surface area (Å²) in [5.41, 5.74) is 5.08. The van der Waals surface area contributed by atoms with Crippen LogP contribution in [0, 0.1) is 11.3 Å². The van der Waals surface area contributed by atoms with E-state index in [4.69, 9.17) is 11.1 Å². The van der Waals surface area contributed by atoms with Crippen molar-refractivity contribution in [2.45, 2.75) is 19.0 Å². The SMILES string of the molecule is N=C(N)C1CC(F)C1. The van der Waals surface area contributed by atoms with E-state index in [1.807, 2.05) is 0 Å². The summed E-state index contributed by atoms with van der Waals surface area (Å²) in [6, 6.07) is 0. The second-order valence-corrected chi connectivity index (χ2v) is 2.22. The van der Waals surface area contributed by atoms with Crippen LogP contribution in [0.3, 0.4) is 0 Å². The summed E-state index contributed by atoms with van der Waals surface area (Å²) >= 11 is 0. The summed E-state index contributed by atoms with van der Waals surface area (Å²) in [7, 11) is 0. The fraction of sp³-hybridized carbons (Fsp3) is 0.800. The summed E-state index contributed by atoms with van der Waals surface area (Å²) in [6.07, 6.45) is 0.244. The van der Waals surface area contributed by atoms with E-state index in [1.165, 1.54) is 0 Å². The lowest BCUT2D eigenvalue weighted by Gasteiger charge is -2.27. The molecule has 0 radical (unpaired) electrons. The second-order valence-electron chi connectivity index (χ2n) is 2.22. The monoisotopic (exact) mass is 116 g/mol. The zero-order valence-electron chi connectivity index (χ0n) is 4.52. The van der Waals surface area contributed by atoms with Crippen LogP contribution in [0.5, 0.6) is 0 Å². The third kappa shape index (κ3) is 0.804. The molecule has 0 atom stereocenters. The lowest BCUT2D eigenvalue weighted by Crippen LogP contribution is -2.35.